The number of carbonyl (C=O) groups is 1. The van der Waals surface area contributed by atoms with E-state index in [4.69, 9.17) is 0 Å². The third-order valence-electron chi connectivity index (χ3n) is 3.11. The lowest BCUT2D eigenvalue weighted by molar-refractivity contribution is -0.118. The predicted octanol–water partition coefficient (Wildman–Crippen LogP) is 2.55. The van der Waals surface area contributed by atoms with Crippen molar-refractivity contribution in [2.75, 3.05) is 18.0 Å². The Hall–Kier alpha value is -0.870. The molecule has 4 heteroatoms. The molecule has 17 heavy (non-hydrogen) atoms. The molecule has 0 spiro atoms. The molecule has 1 fully saturated rings. The van der Waals surface area contributed by atoms with Crippen LogP contribution < -0.4 is 10.2 Å². The Morgan fingerprint density at radius 1 is 1.41 bits per heavy atom. The number of nitrogens with zero attached hydrogens (tertiary/aromatic N) is 1. The van der Waals surface area contributed by atoms with Gasteiger partial charge in [0.05, 0.1) is 6.54 Å². The minimum absolute atomic E-state index is 0.130. The molecule has 0 saturated carbocycles. The molecule has 1 saturated heterocycles. The quantitative estimate of drug-likeness (QED) is 0.864. The van der Waals surface area contributed by atoms with Crippen molar-refractivity contribution in [3.05, 3.63) is 28.7 Å². The molecule has 0 unspecified atom stereocenters. The molecule has 1 amide bonds. The fourth-order valence-electron chi connectivity index (χ4n) is 2.23. The van der Waals surface area contributed by atoms with Crippen molar-refractivity contribution < 1.29 is 4.79 Å². The summed E-state index contributed by atoms with van der Waals surface area (Å²) in [5.41, 5.74) is 0.805. The third-order valence-corrected chi connectivity index (χ3v) is 3.60. The topological polar surface area (TPSA) is 32.3 Å². The molecule has 0 aromatic heterocycles. The first-order valence-corrected chi connectivity index (χ1v) is 6.59. The van der Waals surface area contributed by atoms with Crippen molar-refractivity contribution in [1.29, 1.82) is 0 Å². The van der Waals surface area contributed by atoms with Crippen LogP contribution in [0.3, 0.4) is 0 Å². The van der Waals surface area contributed by atoms with E-state index < -0.39 is 0 Å². The summed E-state index contributed by atoms with van der Waals surface area (Å²) in [6, 6.07) is 7.90. The highest BCUT2D eigenvalue weighted by atomic mass is 79.9. The summed E-state index contributed by atoms with van der Waals surface area (Å²) in [5, 5.41) is 3.16. The van der Waals surface area contributed by atoms with E-state index in [1.807, 2.05) is 29.2 Å². The van der Waals surface area contributed by atoms with Crippen LogP contribution in [0.5, 0.6) is 0 Å². The van der Waals surface area contributed by atoms with Crippen LogP contribution in [-0.4, -0.2) is 24.5 Å². The van der Waals surface area contributed by atoms with Crippen molar-refractivity contribution in [2.45, 2.75) is 25.8 Å². The van der Waals surface area contributed by atoms with Crippen LogP contribution in [0.4, 0.5) is 5.69 Å². The number of rotatable bonds is 1. The first-order valence-electron chi connectivity index (χ1n) is 5.80. The van der Waals surface area contributed by atoms with Gasteiger partial charge in [-0.2, -0.15) is 0 Å². The zero-order chi connectivity index (χ0) is 12.5. The van der Waals surface area contributed by atoms with Gasteiger partial charge in [0.15, 0.2) is 0 Å². The summed E-state index contributed by atoms with van der Waals surface area (Å²) in [5.74, 6) is 0.130. The molecular formula is C13H17BrN2O. The molecule has 1 aromatic rings. The van der Waals surface area contributed by atoms with E-state index in [1.54, 1.807) is 0 Å². The van der Waals surface area contributed by atoms with E-state index in [0.717, 1.165) is 23.1 Å². The summed E-state index contributed by atoms with van der Waals surface area (Å²) in [7, 11) is 0. The third kappa shape index (κ3) is 2.69. The largest absolute Gasteiger partial charge is 0.308 e. The number of nitrogens with one attached hydrogen (secondary N) is 1. The minimum atomic E-state index is -0.151. The van der Waals surface area contributed by atoms with Crippen LogP contribution in [0, 0.1) is 0 Å². The molecule has 1 heterocycles. The Kier molecular flexibility index (Phi) is 3.54. The van der Waals surface area contributed by atoms with Crippen molar-refractivity contribution in [3.8, 4) is 0 Å². The molecule has 92 valence electrons. The van der Waals surface area contributed by atoms with Gasteiger partial charge in [0.2, 0.25) is 5.91 Å². The standard InChI is InChI=1S/C13H17BrN2O/c1-13(2)6-7-15-9-12(17)16(13)11-5-3-4-10(14)8-11/h3-5,8,15H,6-7,9H2,1-2H3. The second-order valence-electron chi connectivity index (χ2n) is 4.95. The Morgan fingerprint density at radius 3 is 2.88 bits per heavy atom. The summed E-state index contributed by atoms with van der Waals surface area (Å²) >= 11 is 3.45. The van der Waals surface area contributed by atoms with Crippen molar-refractivity contribution in [1.82, 2.24) is 5.32 Å². The van der Waals surface area contributed by atoms with Gasteiger partial charge >= 0.3 is 0 Å². The summed E-state index contributed by atoms with van der Waals surface area (Å²) < 4.78 is 0.996. The van der Waals surface area contributed by atoms with Crippen LogP contribution in [0.1, 0.15) is 20.3 Å². The van der Waals surface area contributed by atoms with Gasteiger partial charge in [-0.15, -0.1) is 0 Å². The van der Waals surface area contributed by atoms with Crippen LogP contribution >= 0.6 is 15.9 Å². The van der Waals surface area contributed by atoms with Gasteiger partial charge in [0, 0.05) is 15.7 Å². The molecule has 0 radical (unpaired) electrons. The van der Waals surface area contributed by atoms with Gasteiger partial charge in [0.25, 0.3) is 0 Å². The Labute approximate surface area is 110 Å². The zero-order valence-electron chi connectivity index (χ0n) is 10.2. The Balaban J connectivity index is 2.41. The predicted molar refractivity (Wildman–Crippen MR) is 73.2 cm³/mol. The maximum atomic E-state index is 12.2. The minimum Gasteiger partial charge on any atom is -0.308 e. The van der Waals surface area contributed by atoms with Crippen molar-refractivity contribution >= 4 is 27.5 Å². The molecule has 0 bridgehead atoms. The molecule has 3 nitrogen and oxygen atoms in total. The van der Waals surface area contributed by atoms with Gasteiger partial charge in [-0.05, 0) is 45.0 Å². The summed E-state index contributed by atoms with van der Waals surface area (Å²) in [6.07, 6.45) is 0.950. The Bertz CT molecular complexity index is 431. The number of amides is 1. The van der Waals surface area contributed by atoms with Gasteiger partial charge < -0.3 is 10.2 Å². The molecule has 0 aliphatic carbocycles. The van der Waals surface area contributed by atoms with E-state index in [1.165, 1.54) is 0 Å². The second kappa shape index (κ2) is 4.78. The van der Waals surface area contributed by atoms with E-state index >= 15 is 0 Å². The normalized spacial score (nSPS) is 20.2. The van der Waals surface area contributed by atoms with Crippen molar-refractivity contribution in [3.63, 3.8) is 0 Å². The first-order chi connectivity index (χ1) is 8.00. The number of halogens is 1. The SMILES string of the molecule is CC1(C)CCNCC(=O)N1c1cccc(Br)c1. The highest BCUT2D eigenvalue weighted by Gasteiger charge is 2.33. The lowest BCUT2D eigenvalue weighted by atomic mass is 9.97. The van der Waals surface area contributed by atoms with Crippen LogP contribution in [0.15, 0.2) is 28.7 Å². The van der Waals surface area contributed by atoms with Gasteiger partial charge in [0.1, 0.15) is 0 Å². The summed E-state index contributed by atoms with van der Waals surface area (Å²) in [6.45, 7) is 5.51. The molecule has 2 rings (SSSR count). The van der Waals surface area contributed by atoms with Crippen molar-refractivity contribution in [2.24, 2.45) is 0 Å². The van der Waals surface area contributed by atoms with Gasteiger partial charge in [-0.25, -0.2) is 0 Å². The molecule has 0 atom stereocenters. The number of carbonyl (C=O) groups excluding carboxylic acids is 1. The van der Waals surface area contributed by atoms with Crippen LogP contribution in [0.2, 0.25) is 0 Å². The number of hydrogen-bond donors (Lipinski definition) is 1. The van der Waals surface area contributed by atoms with E-state index in [0.29, 0.717) is 6.54 Å². The number of anilines is 1. The van der Waals surface area contributed by atoms with Crippen LogP contribution in [0.25, 0.3) is 0 Å². The highest BCUT2D eigenvalue weighted by Crippen LogP contribution is 2.29. The average Bonchev–Trinajstić information content (AvgIpc) is 2.36. The van der Waals surface area contributed by atoms with Gasteiger partial charge in [-0.3, -0.25) is 4.79 Å². The number of benzene rings is 1. The molecule has 1 N–H and O–H groups in total. The number of hydrogen-bond acceptors (Lipinski definition) is 2. The average molecular weight is 297 g/mol. The lowest BCUT2D eigenvalue weighted by Gasteiger charge is -2.37. The first kappa shape index (κ1) is 12.6. The van der Waals surface area contributed by atoms with E-state index in [-0.39, 0.29) is 11.4 Å². The molecular weight excluding hydrogens is 280 g/mol. The molecule has 1 aliphatic heterocycles. The van der Waals surface area contributed by atoms with Crippen LogP contribution in [-0.2, 0) is 4.79 Å². The van der Waals surface area contributed by atoms with E-state index in [9.17, 15) is 4.79 Å². The fourth-order valence-corrected chi connectivity index (χ4v) is 2.61. The lowest BCUT2D eigenvalue weighted by Crippen LogP contribution is -2.48. The monoisotopic (exact) mass is 296 g/mol. The molecule has 1 aliphatic rings. The Morgan fingerprint density at radius 2 is 2.18 bits per heavy atom. The zero-order valence-corrected chi connectivity index (χ0v) is 11.8. The fraction of sp³-hybridized carbons (Fsp3) is 0.462. The second-order valence-corrected chi connectivity index (χ2v) is 5.86. The maximum Gasteiger partial charge on any atom is 0.241 e. The van der Waals surface area contributed by atoms with E-state index in [2.05, 4.69) is 35.1 Å². The smallest absolute Gasteiger partial charge is 0.241 e. The maximum absolute atomic E-state index is 12.2. The summed E-state index contributed by atoms with van der Waals surface area (Å²) in [4.78, 5) is 14.1. The highest BCUT2D eigenvalue weighted by molar-refractivity contribution is 9.10. The van der Waals surface area contributed by atoms with Gasteiger partial charge in [-0.1, -0.05) is 22.0 Å². The molecule has 1 aromatic carbocycles.